The fourth-order valence-electron chi connectivity index (χ4n) is 0.960. The lowest BCUT2D eigenvalue weighted by molar-refractivity contribution is 0.412. The molecule has 2 heterocycles. The van der Waals surface area contributed by atoms with Crippen LogP contribution in [0.5, 0.6) is 0 Å². The monoisotopic (exact) mass is 179 g/mol. The molecule has 0 radical (unpaired) electrons. The van der Waals surface area contributed by atoms with E-state index >= 15 is 0 Å². The minimum atomic E-state index is 0.609. The Kier molecular flexibility index (Phi) is 1.95. The van der Waals surface area contributed by atoms with Gasteiger partial charge in [0.1, 0.15) is 17.8 Å². The summed E-state index contributed by atoms with van der Waals surface area (Å²) in [5.41, 5.74) is 0.848. The van der Waals surface area contributed by atoms with Crippen LogP contribution in [0.25, 0.3) is 0 Å². The molecule has 0 aliphatic carbocycles. The molecular weight excluding hydrogens is 170 g/mol. The van der Waals surface area contributed by atoms with Crippen LogP contribution >= 0.6 is 0 Å². The number of rotatable bonds is 3. The number of nitrogens with one attached hydrogen (secondary N) is 1. The molecule has 2 aromatic rings. The van der Waals surface area contributed by atoms with Crippen LogP contribution in [-0.4, -0.2) is 20.2 Å². The van der Waals surface area contributed by atoms with E-state index < -0.39 is 0 Å². The van der Waals surface area contributed by atoms with Gasteiger partial charge in [0.05, 0.1) is 12.7 Å². The lowest BCUT2D eigenvalue weighted by Gasteiger charge is -2.01. The van der Waals surface area contributed by atoms with Crippen molar-refractivity contribution >= 4 is 5.82 Å². The minimum absolute atomic E-state index is 0.609. The third-order valence-electron chi connectivity index (χ3n) is 1.66. The van der Waals surface area contributed by atoms with Gasteiger partial charge in [-0.2, -0.15) is 0 Å². The third-order valence-corrected chi connectivity index (χ3v) is 1.66. The van der Waals surface area contributed by atoms with Gasteiger partial charge in [0.15, 0.2) is 0 Å². The van der Waals surface area contributed by atoms with Gasteiger partial charge in [0.25, 0.3) is 0 Å². The summed E-state index contributed by atoms with van der Waals surface area (Å²) in [6.45, 7) is 0.609. The fraction of sp³-hybridized carbons (Fsp3) is 0.286. The first-order valence-corrected chi connectivity index (χ1v) is 3.84. The average Bonchev–Trinajstić information content (AvgIpc) is 2.72. The highest BCUT2D eigenvalue weighted by Crippen LogP contribution is 2.03. The van der Waals surface area contributed by atoms with Gasteiger partial charge >= 0.3 is 0 Å². The van der Waals surface area contributed by atoms with Crippen LogP contribution in [0, 0.1) is 0 Å². The summed E-state index contributed by atoms with van der Waals surface area (Å²) in [7, 11) is 1.82. The van der Waals surface area contributed by atoms with Crippen molar-refractivity contribution in [3.8, 4) is 0 Å². The van der Waals surface area contributed by atoms with E-state index in [0.717, 1.165) is 11.5 Å². The molecule has 6 nitrogen and oxygen atoms in total. The predicted molar refractivity (Wildman–Crippen MR) is 44.8 cm³/mol. The van der Waals surface area contributed by atoms with Gasteiger partial charge in [-0.25, -0.2) is 4.68 Å². The standard InChI is InChI=1S/C7H9N5O/c1-12-7(5-9-11-12)8-4-6-2-3-13-10-6/h2-3,5,8H,4H2,1H3. The summed E-state index contributed by atoms with van der Waals surface area (Å²) >= 11 is 0. The highest BCUT2D eigenvalue weighted by atomic mass is 16.5. The van der Waals surface area contributed by atoms with Crippen LogP contribution in [-0.2, 0) is 13.6 Å². The Morgan fingerprint density at radius 2 is 2.54 bits per heavy atom. The van der Waals surface area contributed by atoms with Gasteiger partial charge in [0.2, 0.25) is 0 Å². The quantitative estimate of drug-likeness (QED) is 0.739. The average molecular weight is 179 g/mol. The molecule has 0 aliphatic heterocycles. The predicted octanol–water partition coefficient (Wildman–Crippen LogP) is 0.415. The van der Waals surface area contributed by atoms with Crippen LogP contribution in [0.1, 0.15) is 5.69 Å². The summed E-state index contributed by atoms with van der Waals surface area (Å²) in [5.74, 6) is 0.850. The molecule has 0 saturated heterocycles. The summed E-state index contributed by atoms with van der Waals surface area (Å²) in [6.07, 6.45) is 3.19. The van der Waals surface area contributed by atoms with Crippen molar-refractivity contribution in [2.45, 2.75) is 6.54 Å². The van der Waals surface area contributed by atoms with Gasteiger partial charge in [-0.3, -0.25) is 0 Å². The number of aryl methyl sites for hydroxylation is 1. The molecule has 13 heavy (non-hydrogen) atoms. The van der Waals surface area contributed by atoms with Crippen molar-refractivity contribution in [3.05, 3.63) is 24.2 Å². The van der Waals surface area contributed by atoms with Crippen LogP contribution < -0.4 is 5.32 Å². The maximum absolute atomic E-state index is 4.69. The van der Waals surface area contributed by atoms with E-state index in [2.05, 4.69) is 25.3 Å². The van der Waals surface area contributed by atoms with Crippen LogP contribution in [0.4, 0.5) is 5.82 Å². The van der Waals surface area contributed by atoms with Crippen molar-refractivity contribution in [1.82, 2.24) is 20.2 Å². The molecule has 68 valence electrons. The Hall–Kier alpha value is -1.85. The molecule has 2 aromatic heterocycles. The highest BCUT2D eigenvalue weighted by molar-refractivity contribution is 5.30. The van der Waals surface area contributed by atoms with Crippen LogP contribution in [0.15, 0.2) is 23.0 Å². The minimum Gasteiger partial charge on any atom is -0.364 e. The zero-order valence-electron chi connectivity index (χ0n) is 7.14. The Balaban J connectivity index is 1.97. The second kappa shape index (κ2) is 3.26. The fourth-order valence-corrected chi connectivity index (χ4v) is 0.960. The van der Waals surface area contributed by atoms with Gasteiger partial charge in [0, 0.05) is 13.1 Å². The molecule has 0 aliphatic rings. The van der Waals surface area contributed by atoms with Crippen molar-refractivity contribution in [2.75, 3.05) is 5.32 Å². The lowest BCUT2D eigenvalue weighted by atomic mass is 10.4. The van der Waals surface area contributed by atoms with Crippen molar-refractivity contribution in [2.24, 2.45) is 7.05 Å². The van der Waals surface area contributed by atoms with E-state index in [1.807, 2.05) is 7.05 Å². The maximum atomic E-state index is 4.69. The molecule has 0 saturated carbocycles. The first-order valence-electron chi connectivity index (χ1n) is 3.84. The Labute approximate surface area is 74.5 Å². The summed E-state index contributed by atoms with van der Waals surface area (Å²) < 4.78 is 6.34. The van der Waals surface area contributed by atoms with E-state index in [1.165, 1.54) is 0 Å². The SMILES string of the molecule is Cn1nncc1NCc1ccon1. The normalized spacial score (nSPS) is 10.2. The molecule has 0 fully saturated rings. The molecule has 2 rings (SSSR count). The molecule has 1 N–H and O–H groups in total. The number of anilines is 1. The van der Waals surface area contributed by atoms with Gasteiger partial charge in [-0.1, -0.05) is 10.4 Å². The van der Waals surface area contributed by atoms with E-state index in [1.54, 1.807) is 23.2 Å². The van der Waals surface area contributed by atoms with Crippen molar-refractivity contribution in [3.63, 3.8) is 0 Å². The topological polar surface area (TPSA) is 68.8 Å². The molecule has 6 heteroatoms. The molecule has 0 unspecified atom stereocenters. The summed E-state index contributed by atoms with van der Waals surface area (Å²) in [5, 5.41) is 14.4. The van der Waals surface area contributed by atoms with Gasteiger partial charge in [-0.05, 0) is 0 Å². The maximum Gasteiger partial charge on any atom is 0.144 e. The number of nitrogens with zero attached hydrogens (tertiary/aromatic N) is 4. The largest absolute Gasteiger partial charge is 0.364 e. The van der Waals surface area contributed by atoms with Crippen LogP contribution in [0.3, 0.4) is 0 Å². The Bertz CT molecular complexity index is 366. The summed E-state index contributed by atoms with van der Waals surface area (Å²) in [4.78, 5) is 0. The number of aromatic nitrogens is 4. The number of hydrogen-bond donors (Lipinski definition) is 1. The molecule has 0 bridgehead atoms. The van der Waals surface area contributed by atoms with Crippen molar-refractivity contribution in [1.29, 1.82) is 0 Å². The van der Waals surface area contributed by atoms with Crippen molar-refractivity contribution < 1.29 is 4.52 Å². The van der Waals surface area contributed by atoms with Gasteiger partial charge in [-0.15, -0.1) is 5.10 Å². The van der Waals surface area contributed by atoms with Crippen LogP contribution in [0.2, 0.25) is 0 Å². The molecule has 0 aromatic carbocycles. The molecule has 0 amide bonds. The highest BCUT2D eigenvalue weighted by Gasteiger charge is 1.99. The second-order valence-electron chi connectivity index (χ2n) is 2.59. The smallest absolute Gasteiger partial charge is 0.144 e. The third kappa shape index (κ3) is 1.66. The van der Waals surface area contributed by atoms with E-state index in [-0.39, 0.29) is 0 Å². The lowest BCUT2D eigenvalue weighted by Crippen LogP contribution is -2.04. The first kappa shape index (κ1) is 7.78. The van der Waals surface area contributed by atoms with E-state index in [4.69, 9.17) is 0 Å². The first-order chi connectivity index (χ1) is 6.36. The number of hydrogen-bond acceptors (Lipinski definition) is 5. The molecule has 0 atom stereocenters. The van der Waals surface area contributed by atoms with E-state index in [0.29, 0.717) is 6.54 Å². The zero-order chi connectivity index (χ0) is 9.10. The second-order valence-corrected chi connectivity index (χ2v) is 2.59. The van der Waals surface area contributed by atoms with Gasteiger partial charge < -0.3 is 9.84 Å². The molecule has 0 spiro atoms. The summed E-state index contributed by atoms with van der Waals surface area (Å²) in [6, 6.07) is 1.80. The molecular formula is C7H9N5O. The Morgan fingerprint density at radius 1 is 1.62 bits per heavy atom. The zero-order valence-corrected chi connectivity index (χ0v) is 7.14. The van der Waals surface area contributed by atoms with E-state index in [9.17, 15) is 0 Å². The Morgan fingerprint density at radius 3 is 3.15 bits per heavy atom.